The zero-order valence-electron chi connectivity index (χ0n) is 9.70. The van der Waals surface area contributed by atoms with Crippen molar-refractivity contribution in [3.8, 4) is 0 Å². The molecule has 0 heterocycles. The maximum Gasteiger partial charge on any atom is 0.123 e. The van der Waals surface area contributed by atoms with Crippen LogP contribution in [-0.4, -0.2) is 6.54 Å². The van der Waals surface area contributed by atoms with Crippen molar-refractivity contribution in [2.75, 3.05) is 6.54 Å². The predicted molar refractivity (Wildman–Crippen MR) is 68.4 cm³/mol. The summed E-state index contributed by atoms with van der Waals surface area (Å²) in [4.78, 5) is 0. The molecule has 0 unspecified atom stereocenters. The molecule has 1 nitrogen and oxygen atoms in total. The summed E-state index contributed by atoms with van der Waals surface area (Å²) in [5, 5.41) is 0. The molecule has 0 amide bonds. The lowest BCUT2D eigenvalue weighted by Crippen LogP contribution is -2.06. The van der Waals surface area contributed by atoms with Crippen LogP contribution in [0.2, 0.25) is 0 Å². The standard InChI is InChI=1S/C15H16FN/c16-15-7-6-13(8-9-17)14(11-15)10-12-4-2-1-3-5-12/h1-7,11H,8-10,17H2. The second-order valence-corrected chi connectivity index (χ2v) is 4.11. The van der Waals surface area contributed by atoms with E-state index in [9.17, 15) is 4.39 Å². The van der Waals surface area contributed by atoms with Crippen molar-refractivity contribution in [1.82, 2.24) is 0 Å². The number of hydrogen-bond donors (Lipinski definition) is 1. The molecule has 0 aliphatic heterocycles. The molecule has 2 N–H and O–H groups in total. The molecule has 0 bridgehead atoms. The van der Waals surface area contributed by atoms with Crippen molar-refractivity contribution in [1.29, 1.82) is 0 Å². The lowest BCUT2D eigenvalue weighted by molar-refractivity contribution is 0.624. The molecule has 0 aromatic heterocycles. The Morgan fingerprint density at radius 3 is 2.41 bits per heavy atom. The molecular weight excluding hydrogens is 213 g/mol. The highest BCUT2D eigenvalue weighted by molar-refractivity contribution is 5.33. The molecule has 0 spiro atoms. The Balaban J connectivity index is 2.27. The van der Waals surface area contributed by atoms with Crippen LogP contribution in [0.5, 0.6) is 0 Å². The van der Waals surface area contributed by atoms with Gasteiger partial charge in [0.15, 0.2) is 0 Å². The van der Waals surface area contributed by atoms with Gasteiger partial charge in [0.2, 0.25) is 0 Å². The molecule has 88 valence electrons. The van der Waals surface area contributed by atoms with Gasteiger partial charge >= 0.3 is 0 Å². The van der Waals surface area contributed by atoms with Crippen molar-refractivity contribution in [3.05, 3.63) is 71.0 Å². The number of halogens is 1. The van der Waals surface area contributed by atoms with Gasteiger partial charge in [-0.3, -0.25) is 0 Å². The largest absolute Gasteiger partial charge is 0.330 e. The third kappa shape index (κ3) is 3.14. The maximum absolute atomic E-state index is 13.3. The molecule has 0 aliphatic rings. The first-order chi connectivity index (χ1) is 8.29. The predicted octanol–water partition coefficient (Wildman–Crippen LogP) is 2.92. The topological polar surface area (TPSA) is 26.0 Å². The quantitative estimate of drug-likeness (QED) is 0.857. The normalized spacial score (nSPS) is 10.5. The highest BCUT2D eigenvalue weighted by Crippen LogP contribution is 2.16. The molecule has 0 atom stereocenters. The molecule has 0 saturated heterocycles. The van der Waals surface area contributed by atoms with Crippen LogP contribution in [0.4, 0.5) is 4.39 Å². The van der Waals surface area contributed by atoms with Crippen molar-refractivity contribution < 1.29 is 4.39 Å². The summed E-state index contributed by atoms with van der Waals surface area (Å²) in [6, 6.07) is 15.0. The fraction of sp³-hybridized carbons (Fsp3) is 0.200. The van der Waals surface area contributed by atoms with E-state index in [4.69, 9.17) is 5.73 Å². The number of nitrogens with two attached hydrogens (primary N) is 1. The third-order valence-corrected chi connectivity index (χ3v) is 2.82. The Kier molecular flexibility index (Phi) is 3.89. The van der Waals surface area contributed by atoms with Gasteiger partial charge in [0.1, 0.15) is 5.82 Å². The van der Waals surface area contributed by atoms with Gasteiger partial charge in [-0.15, -0.1) is 0 Å². The molecule has 0 radical (unpaired) electrons. The van der Waals surface area contributed by atoms with Gasteiger partial charge in [-0.25, -0.2) is 4.39 Å². The molecule has 17 heavy (non-hydrogen) atoms. The first kappa shape index (κ1) is 11.8. The summed E-state index contributed by atoms with van der Waals surface area (Å²) < 4.78 is 13.3. The minimum absolute atomic E-state index is 0.184. The molecular formula is C15H16FN. The summed E-state index contributed by atoms with van der Waals surface area (Å²) in [6.45, 7) is 0.591. The maximum atomic E-state index is 13.3. The van der Waals surface area contributed by atoms with E-state index in [1.807, 2.05) is 24.3 Å². The SMILES string of the molecule is NCCc1ccc(F)cc1Cc1ccccc1. The molecule has 0 fully saturated rings. The lowest BCUT2D eigenvalue weighted by Gasteiger charge is -2.09. The van der Waals surface area contributed by atoms with Gasteiger partial charge in [0.25, 0.3) is 0 Å². The summed E-state index contributed by atoms with van der Waals surface area (Å²) in [7, 11) is 0. The number of benzene rings is 2. The van der Waals surface area contributed by atoms with E-state index in [0.717, 1.165) is 24.0 Å². The minimum atomic E-state index is -0.184. The van der Waals surface area contributed by atoms with Crippen LogP contribution < -0.4 is 5.73 Å². The van der Waals surface area contributed by atoms with E-state index in [-0.39, 0.29) is 5.82 Å². The molecule has 2 aromatic carbocycles. The highest BCUT2D eigenvalue weighted by Gasteiger charge is 2.04. The fourth-order valence-corrected chi connectivity index (χ4v) is 1.97. The van der Waals surface area contributed by atoms with Crippen molar-refractivity contribution in [2.45, 2.75) is 12.8 Å². The molecule has 2 aromatic rings. The smallest absolute Gasteiger partial charge is 0.123 e. The monoisotopic (exact) mass is 229 g/mol. The second-order valence-electron chi connectivity index (χ2n) is 4.11. The lowest BCUT2D eigenvalue weighted by atomic mass is 9.98. The first-order valence-corrected chi connectivity index (χ1v) is 5.81. The van der Waals surface area contributed by atoms with E-state index in [2.05, 4.69) is 12.1 Å². The van der Waals surface area contributed by atoms with Gasteiger partial charge in [-0.2, -0.15) is 0 Å². The molecule has 0 aliphatic carbocycles. The van der Waals surface area contributed by atoms with Crippen molar-refractivity contribution in [3.63, 3.8) is 0 Å². The number of hydrogen-bond acceptors (Lipinski definition) is 1. The van der Waals surface area contributed by atoms with Crippen LogP contribution in [0.25, 0.3) is 0 Å². The van der Waals surface area contributed by atoms with E-state index >= 15 is 0 Å². The summed E-state index contributed by atoms with van der Waals surface area (Å²) >= 11 is 0. The van der Waals surface area contributed by atoms with Gasteiger partial charge < -0.3 is 5.73 Å². The van der Waals surface area contributed by atoms with Crippen molar-refractivity contribution >= 4 is 0 Å². The first-order valence-electron chi connectivity index (χ1n) is 5.81. The summed E-state index contributed by atoms with van der Waals surface area (Å²) in [5.74, 6) is -0.184. The number of rotatable bonds is 4. The molecule has 2 heteroatoms. The van der Waals surface area contributed by atoms with E-state index in [0.29, 0.717) is 6.54 Å². The van der Waals surface area contributed by atoms with Crippen LogP contribution in [0.3, 0.4) is 0 Å². The van der Waals surface area contributed by atoms with Crippen LogP contribution in [0.15, 0.2) is 48.5 Å². The van der Waals surface area contributed by atoms with Crippen LogP contribution in [0.1, 0.15) is 16.7 Å². The average Bonchev–Trinajstić information content (AvgIpc) is 2.34. The van der Waals surface area contributed by atoms with Gasteiger partial charge in [-0.05, 0) is 48.2 Å². The second kappa shape index (κ2) is 5.60. The van der Waals surface area contributed by atoms with E-state index in [1.165, 1.54) is 11.6 Å². The van der Waals surface area contributed by atoms with Gasteiger partial charge in [0.05, 0.1) is 0 Å². The van der Waals surface area contributed by atoms with Crippen LogP contribution in [0, 0.1) is 5.82 Å². The van der Waals surface area contributed by atoms with Gasteiger partial charge in [0, 0.05) is 0 Å². The zero-order chi connectivity index (χ0) is 12.1. The zero-order valence-corrected chi connectivity index (χ0v) is 9.70. The Morgan fingerprint density at radius 1 is 0.941 bits per heavy atom. The Morgan fingerprint density at radius 2 is 1.71 bits per heavy atom. The Hall–Kier alpha value is -1.67. The Labute approximate surface area is 101 Å². The minimum Gasteiger partial charge on any atom is -0.330 e. The fourth-order valence-electron chi connectivity index (χ4n) is 1.97. The van der Waals surface area contributed by atoms with Crippen molar-refractivity contribution in [2.24, 2.45) is 5.73 Å². The Bertz CT molecular complexity index is 480. The average molecular weight is 229 g/mol. The summed E-state index contributed by atoms with van der Waals surface area (Å²) in [5.41, 5.74) is 8.92. The van der Waals surface area contributed by atoms with E-state index < -0.39 is 0 Å². The van der Waals surface area contributed by atoms with Crippen LogP contribution in [-0.2, 0) is 12.8 Å². The highest BCUT2D eigenvalue weighted by atomic mass is 19.1. The van der Waals surface area contributed by atoms with Gasteiger partial charge in [-0.1, -0.05) is 36.4 Å². The third-order valence-electron chi connectivity index (χ3n) is 2.82. The van der Waals surface area contributed by atoms with E-state index in [1.54, 1.807) is 6.07 Å². The van der Waals surface area contributed by atoms with Crippen LogP contribution >= 0.6 is 0 Å². The summed E-state index contributed by atoms with van der Waals surface area (Å²) in [6.07, 6.45) is 1.55. The molecule has 2 rings (SSSR count). The molecule has 0 saturated carbocycles.